The Hall–Kier alpha value is -2.70. The Kier molecular flexibility index (Phi) is 5.06. The molecule has 0 aliphatic rings. The molecule has 26 heavy (non-hydrogen) atoms. The zero-order valence-electron chi connectivity index (χ0n) is 16.1. The van der Waals surface area contributed by atoms with Gasteiger partial charge in [0, 0.05) is 38.1 Å². The summed E-state index contributed by atoms with van der Waals surface area (Å²) in [6.07, 6.45) is 4.26. The summed E-state index contributed by atoms with van der Waals surface area (Å²) in [7, 11) is 1.82. The van der Waals surface area contributed by atoms with Crippen LogP contribution in [0.3, 0.4) is 0 Å². The van der Waals surface area contributed by atoms with Crippen LogP contribution in [0.15, 0.2) is 24.7 Å². The minimum absolute atomic E-state index is 0.0353. The topological polar surface area (TPSA) is 68.8 Å². The van der Waals surface area contributed by atoms with Crippen LogP contribution in [0.5, 0.6) is 0 Å². The molecule has 0 atom stereocenters. The Balaban J connectivity index is 1.64. The van der Waals surface area contributed by atoms with E-state index in [2.05, 4.69) is 35.0 Å². The van der Waals surface area contributed by atoms with E-state index in [-0.39, 0.29) is 11.9 Å². The Labute approximate surface area is 153 Å². The van der Waals surface area contributed by atoms with E-state index >= 15 is 0 Å². The van der Waals surface area contributed by atoms with Crippen molar-refractivity contribution < 1.29 is 4.79 Å². The standard InChI is InChI=1S/C19H26N6O/c1-13(2)24-12-21-17-10-16(11-20-18(17)24)19(26)23(5)7-6-8-25-15(4)9-14(3)22-25/h9-13H,6-8H2,1-5H3. The number of imidazole rings is 1. The van der Waals surface area contributed by atoms with Crippen LogP contribution in [-0.4, -0.2) is 48.7 Å². The van der Waals surface area contributed by atoms with Crippen molar-refractivity contribution in [3.8, 4) is 0 Å². The van der Waals surface area contributed by atoms with Gasteiger partial charge in [-0.2, -0.15) is 5.10 Å². The van der Waals surface area contributed by atoms with Gasteiger partial charge in [0.15, 0.2) is 5.65 Å². The van der Waals surface area contributed by atoms with Gasteiger partial charge in [-0.15, -0.1) is 0 Å². The molecule has 3 aromatic rings. The summed E-state index contributed by atoms with van der Waals surface area (Å²) < 4.78 is 3.99. The monoisotopic (exact) mass is 354 g/mol. The largest absolute Gasteiger partial charge is 0.342 e. The number of rotatable bonds is 6. The van der Waals surface area contributed by atoms with Gasteiger partial charge in [0.25, 0.3) is 5.91 Å². The van der Waals surface area contributed by atoms with Crippen molar-refractivity contribution >= 4 is 17.1 Å². The van der Waals surface area contributed by atoms with Crippen LogP contribution in [-0.2, 0) is 6.54 Å². The Morgan fingerprint density at radius 3 is 2.65 bits per heavy atom. The van der Waals surface area contributed by atoms with E-state index in [9.17, 15) is 4.79 Å². The van der Waals surface area contributed by atoms with E-state index in [1.54, 1.807) is 17.4 Å². The number of hydrogen-bond donors (Lipinski definition) is 0. The first-order valence-electron chi connectivity index (χ1n) is 8.96. The molecular weight excluding hydrogens is 328 g/mol. The highest BCUT2D eigenvalue weighted by atomic mass is 16.2. The molecule has 0 aliphatic carbocycles. The molecule has 0 aliphatic heterocycles. The molecule has 1 amide bonds. The summed E-state index contributed by atoms with van der Waals surface area (Å²) in [6, 6.07) is 4.17. The van der Waals surface area contributed by atoms with Crippen LogP contribution < -0.4 is 0 Å². The molecule has 0 saturated heterocycles. The molecule has 0 aromatic carbocycles. The second kappa shape index (κ2) is 7.27. The number of pyridine rings is 1. The minimum atomic E-state index is -0.0353. The number of fused-ring (bicyclic) bond motifs is 1. The molecule has 3 aromatic heterocycles. The van der Waals surface area contributed by atoms with Crippen molar-refractivity contribution in [2.75, 3.05) is 13.6 Å². The maximum absolute atomic E-state index is 12.7. The highest BCUT2D eigenvalue weighted by molar-refractivity contribution is 5.96. The fraction of sp³-hybridized carbons (Fsp3) is 0.474. The third-order valence-electron chi connectivity index (χ3n) is 4.53. The van der Waals surface area contributed by atoms with Crippen LogP contribution in [0.4, 0.5) is 0 Å². The van der Waals surface area contributed by atoms with Crippen molar-refractivity contribution in [3.05, 3.63) is 41.6 Å². The van der Waals surface area contributed by atoms with E-state index in [0.29, 0.717) is 12.1 Å². The highest BCUT2D eigenvalue weighted by Gasteiger charge is 2.15. The number of hydrogen-bond acceptors (Lipinski definition) is 4. The lowest BCUT2D eigenvalue weighted by Crippen LogP contribution is -2.28. The van der Waals surface area contributed by atoms with Gasteiger partial charge >= 0.3 is 0 Å². The number of aromatic nitrogens is 5. The number of amides is 1. The molecule has 7 heteroatoms. The van der Waals surface area contributed by atoms with Crippen LogP contribution in [0.1, 0.15) is 48.1 Å². The van der Waals surface area contributed by atoms with Crippen molar-refractivity contribution in [1.82, 2.24) is 29.2 Å². The molecule has 0 unspecified atom stereocenters. The smallest absolute Gasteiger partial charge is 0.255 e. The fourth-order valence-corrected chi connectivity index (χ4v) is 3.09. The summed E-state index contributed by atoms with van der Waals surface area (Å²) in [5.74, 6) is -0.0353. The third kappa shape index (κ3) is 3.61. The van der Waals surface area contributed by atoms with Gasteiger partial charge < -0.3 is 9.47 Å². The van der Waals surface area contributed by atoms with E-state index in [0.717, 1.165) is 35.5 Å². The Morgan fingerprint density at radius 1 is 1.23 bits per heavy atom. The van der Waals surface area contributed by atoms with Gasteiger partial charge in [0.2, 0.25) is 0 Å². The predicted molar refractivity (Wildman–Crippen MR) is 101 cm³/mol. The first-order chi connectivity index (χ1) is 12.4. The normalized spacial score (nSPS) is 11.5. The quantitative estimate of drug-likeness (QED) is 0.682. The average molecular weight is 354 g/mol. The van der Waals surface area contributed by atoms with Crippen molar-refractivity contribution in [2.24, 2.45) is 0 Å². The molecule has 0 bridgehead atoms. The van der Waals surface area contributed by atoms with E-state index < -0.39 is 0 Å². The van der Waals surface area contributed by atoms with E-state index in [1.165, 1.54) is 0 Å². The zero-order valence-corrected chi connectivity index (χ0v) is 16.1. The fourth-order valence-electron chi connectivity index (χ4n) is 3.09. The van der Waals surface area contributed by atoms with Gasteiger partial charge in [0.05, 0.1) is 17.6 Å². The molecular formula is C19H26N6O. The third-order valence-corrected chi connectivity index (χ3v) is 4.53. The Bertz CT molecular complexity index is 923. The second-order valence-electron chi connectivity index (χ2n) is 7.04. The van der Waals surface area contributed by atoms with Crippen LogP contribution >= 0.6 is 0 Å². The zero-order chi connectivity index (χ0) is 18.8. The minimum Gasteiger partial charge on any atom is -0.342 e. The summed E-state index contributed by atoms with van der Waals surface area (Å²) in [6.45, 7) is 9.66. The number of carbonyl (C=O) groups is 1. The lowest BCUT2D eigenvalue weighted by Gasteiger charge is -2.17. The maximum Gasteiger partial charge on any atom is 0.255 e. The van der Waals surface area contributed by atoms with Gasteiger partial charge in [-0.05, 0) is 46.2 Å². The molecule has 0 N–H and O–H groups in total. The lowest BCUT2D eigenvalue weighted by atomic mass is 10.2. The van der Waals surface area contributed by atoms with Gasteiger partial charge in [-0.25, -0.2) is 9.97 Å². The molecule has 0 radical (unpaired) electrons. The van der Waals surface area contributed by atoms with Crippen LogP contribution in [0.2, 0.25) is 0 Å². The Morgan fingerprint density at radius 2 is 2.00 bits per heavy atom. The number of aryl methyl sites for hydroxylation is 3. The molecule has 138 valence electrons. The van der Waals surface area contributed by atoms with Crippen molar-refractivity contribution in [2.45, 2.75) is 46.7 Å². The van der Waals surface area contributed by atoms with E-state index in [4.69, 9.17) is 0 Å². The van der Waals surface area contributed by atoms with Crippen LogP contribution in [0, 0.1) is 13.8 Å². The lowest BCUT2D eigenvalue weighted by molar-refractivity contribution is 0.0791. The molecule has 7 nitrogen and oxygen atoms in total. The molecule has 0 fully saturated rings. The average Bonchev–Trinajstić information content (AvgIpc) is 3.16. The van der Waals surface area contributed by atoms with Gasteiger partial charge in [0.1, 0.15) is 5.52 Å². The first kappa shape index (κ1) is 18.1. The van der Waals surface area contributed by atoms with E-state index in [1.807, 2.05) is 36.2 Å². The predicted octanol–water partition coefficient (Wildman–Crippen LogP) is 2.99. The molecule has 0 saturated carbocycles. The summed E-state index contributed by atoms with van der Waals surface area (Å²) in [4.78, 5) is 23.2. The SMILES string of the molecule is Cc1cc(C)n(CCCN(C)C(=O)c2cnc3c(c2)ncn3C(C)C)n1. The molecule has 0 spiro atoms. The molecule has 3 rings (SSSR count). The maximum atomic E-state index is 12.7. The second-order valence-corrected chi connectivity index (χ2v) is 7.04. The number of nitrogens with zero attached hydrogens (tertiary/aromatic N) is 6. The number of carbonyl (C=O) groups excluding carboxylic acids is 1. The summed E-state index contributed by atoms with van der Waals surface area (Å²) >= 11 is 0. The highest BCUT2D eigenvalue weighted by Crippen LogP contribution is 2.17. The van der Waals surface area contributed by atoms with Crippen LogP contribution in [0.25, 0.3) is 11.2 Å². The van der Waals surface area contributed by atoms with Crippen molar-refractivity contribution in [3.63, 3.8) is 0 Å². The van der Waals surface area contributed by atoms with Gasteiger partial charge in [-0.1, -0.05) is 0 Å². The summed E-state index contributed by atoms with van der Waals surface area (Å²) in [5.41, 5.74) is 4.29. The first-order valence-corrected chi connectivity index (χ1v) is 8.96. The van der Waals surface area contributed by atoms with Gasteiger partial charge in [-0.3, -0.25) is 9.48 Å². The molecule has 3 heterocycles. The summed E-state index contributed by atoms with van der Waals surface area (Å²) in [5, 5.41) is 4.45. The van der Waals surface area contributed by atoms with Crippen molar-refractivity contribution in [1.29, 1.82) is 0 Å².